The number of H-pyrrole nitrogens is 1. The summed E-state index contributed by atoms with van der Waals surface area (Å²) < 4.78 is 10.5. The maximum Gasteiger partial charge on any atom is 0.251 e. The van der Waals surface area contributed by atoms with Crippen LogP contribution in [0.4, 0.5) is 0 Å². The maximum absolute atomic E-state index is 11.2. The van der Waals surface area contributed by atoms with Crippen molar-refractivity contribution in [3.8, 4) is 11.5 Å². The van der Waals surface area contributed by atoms with Crippen LogP contribution in [0.25, 0.3) is 0 Å². The molecule has 1 aliphatic heterocycles. The van der Waals surface area contributed by atoms with Gasteiger partial charge in [0, 0.05) is 29.1 Å². The van der Waals surface area contributed by atoms with E-state index in [0.717, 1.165) is 5.56 Å². The molecular formula is C12H9ClN2O3S. The van der Waals surface area contributed by atoms with E-state index < -0.39 is 0 Å². The highest BCUT2D eigenvalue weighted by atomic mass is 35.5. The first-order chi connectivity index (χ1) is 9.22. The van der Waals surface area contributed by atoms with Gasteiger partial charge in [0.05, 0.1) is 0 Å². The topological polar surface area (TPSA) is 64.2 Å². The minimum atomic E-state index is -0.172. The Morgan fingerprint density at radius 3 is 2.95 bits per heavy atom. The molecule has 0 amide bonds. The number of halogens is 1. The van der Waals surface area contributed by atoms with E-state index in [9.17, 15) is 4.79 Å². The summed E-state index contributed by atoms with van der Waals surface area (Å²) in [6, 6.07) is 4.96. The molecular weight excluding hydrogens is 288 g/mol. The number of rotatable bonds is 3. The minimum absolute atomic E-state index is 0.172. The molecule has 0 radical (unpaired) electrons. The van der Waals surface area contributed by atoms with Crippen LogP contribution in [0.1, 0.15) is 5.56 Å². The molecule has 19 heavy (non-hydrogen) atoms. The van der Waals surface area contributed by atoms with Crippen molar-refractivity contribution in [2.24, 2.45) is 0 Å². The zero-order valence-corrected chi connectivity index (χ0v) is 11.3. The molecule has 98 valence electrons. The van der Waals surface area contributed by atoms with Crippen molar-refractivity contribution in [2.45, 2.75) is 10.9 Å². The summed E-state index contributed by atoms with van der Waals surface area (Å²) in [5, 5.41) is 1.16. The summed E-state index contributed by atoms with van der Waals surface area (Å²) in [6.45, 7) is 0.218. The highest BCUT2D eigenvalue weighted by Gasteiger charge is 2.16. The lowest BCUT2D eigenvalue weighted by atomic mass is 10.2. The number of hydrogen-bond donors (Lipinski definition) is 1. The first kappa shape index (κ1) is 12.4. The fraction of sp³-hybridized carbons (Fsp3) is 0.167. The number of nitrogens with one attached hydrogen (secondary N) is 1. The van der Waals surface area contributed by atoms with Gasteiger partial charge in [0.1, 0.15) is 0 Å². The Morgan fingerprint density at radius 2 is 2.16 bits per heavy atom. The Bertz CT molecular complexity index is 674. The summed E-state index contributed by atoms with van der Waals surface area (Å²) in [5.74, 6) is 1.93. The number of hydrogen-bond acceptors (Lipinski definition) is 5. The quantitative estimate of drug-likeness (QED) is 0.696. The fourth-order valence-electron chi connectivity index (χ4n) is 1.64. The average Bonchev–Trinajstić information content (AvgIpc) is 2.83. The van der Waals surface area contributed by atoms with Gasteiger partial charge in [0.15, 0.2) is 16.7 Å². The summed E-state index contributed by atoms with van der Waals surface area (Å²) in [6.07, 6.45) is 1.47. The van der Waals surface area contributed by atoms with E-state index in [1.807, 2.05) is 6.07 Å². The SMILES string of the molecule is O=c1ccnc(SCc2cc3c(cc2Cl)OCO3)[nH]1. The molecule has 0 fully saturated rings. The number of nitrogens with zero attached hydrogens (tertiary/aromatic N) is 1. The Labute approximate surface area is 117 Å². The normalized spacial score (nSPS) is 12.7. The van der Waals surface area contributed by atoms with Crippen LogP contribution < -0.4 is 15.0 Å². The molecule has 0 saturated carbocycles. The number of ether oxygens (including phenoxy) is 2. The number of thioether (sulfide) groups is 1. The molecule has 1 N–H and O–H groups in total. The Kier molecular flexibility index (Phi) is 3.35. The third-order valence-electron chi connectivity index (χ3n) is 2.55. The molecule has 0 atom stereocenters. The minimum Gasteiger partial charge on any atom is -0.454 e. The van der Waals surface area contributed by atoms with E-state index in [-0.39, 0.29) is 12.4 Å². The van der Waals surface area contributed by atoms with E-state index in [0.29, 0.717) is 27.4 Å². The highest BCUT2D eigenvalue weighted by Crippen LogP contribution is 2.38. The summed E-state index contributed by atoms with van der Waals surface area (Å²) >= 11 is 7.56. The van der Waals surface area contributed by atoms with Gasteiger partial charge in [0.2, 0.25) is 6.79 Å². The van der Waals surface area contributed by atoms with Crippen LogP contribution in [0.15, 0.2) is 34.3 Å². The van der Waals surface area contributed by atoms with E-state index in [1.54, 1.807) is 6.07 Å². The molecule has 1 aliphatic rings. The van der Waals surface area contributed by atoms with E-state index in [1.165, 1.54) is 24.0 Å². The molecule has 2 heterocycles. The molecule has 0 aliphatic carbocycles. The average molecular weight is 297 g/mol. The summed E-state index contributed by atoms with van der Waals surface area (Å²) in [4.78, 5) is 17.9. The Balaban J connectivity index is 1.79. The van der Waals surface area contributed by atoms with Crippen molar-refractivity contribution < 1.29 is 9.47 Å². The van der Waals surface area contributed by atoms with E-state index in [4.69, 9.17) is 21.1 Å². The Morgan fingerprint density at radius 1 is 1.37 bits per heavy atom. The largest absolute Gasteiger partial charge is 0.454 e. The van der Waals surface area contributed by atoms with Crippen LogP contribution in [0.2, 0.25) is 5.02 Å². The van der Waals surface area contributed by atoms with Crippen molar-refractivity contribution in [3.05, 3.63) is 45.3 Å². The fourth-order valence-corrected chi connectivity index (χ4v) is 2.78. The molecule has 0 spiro atoms. The van der Waals surface area contributed by atoms with Crippen molar-refractivity contribution in [1.82, 2.24) is 9.97 Å². The van der Waals surface area contributed by atoms with Gasteiger partial charge >= 0.3 is 0 Å². The molecule has 3 rings (SSSR count). The predicted octanol–water partition coefficient (Wildman–Crippen LogP) is 2.44. The number of fused-ring (bicyclic) bond motifs is 1. The van der Waals surface area contributed by atoms with Crippen LogP contribution in [0, 0.1) is 0 Å². The van der Waals surface area contributed by atoms with Gasteiger partial charge in [-0.05, 0) is 11.6 Å². The second-order valence-electron chi connectivity index (χ2n) is 3.82. The molecule has 5 nitrogen and oxygen atoms in total. The second kappa shape index (κ2) is 5.14. The third-order valence-corrected chi connectivity index (χ3v) is 3.84. The van der Waals surface area contributed by atoms with Gasteiger partial charge < -0.3 is 14.5 Å². The van der Waals surface area contributed by atoms with Gasteiger partial charge in [-0.25, -0.2) is 4.98 Å². The van der Waals surface area contributed by atoms with Crippen LogP contribution in [0.3, 0.4) is 0 Å². The number of aromatic nitrogens is 2. The Hall–Kier alpha value is -1.66. The van der Waals surface area contributed by atoms with Crippen molar-refractivity contribution in [1.29, 1.82) is 0 Å². The van der Waals surface area contributed by atoms with Crippen molar-refractivity contribution in [3.63, 3.8) is 0 Å². The maximum atomic E-state index is 11.2. The van der Waals surface area contributed by atoms with Crippen LogP contribution >= 0.6 is 23.4 Å². The van der Waals surface area contributed by atoms with Gasteiger partial charge in [-0.15, -0.1) is 0 Å². The van der Waals surface area contributed by atoms with Gasteiger partial charge in [-0.3, -0.25) is 4.79 Å². The van der Waals surface area contributed by atoms with Crippen LogP contribution in [-0.4, -0.2) is 16.8 Å². The van der Waals surface area contributed by atoms with E-state index in [2.05, 4.69) is 9.97 Å². The molecule has 0 bridgehead atoms. The highest BCUT2D eigenvalue weighted by molar-refractivity contribution is 7.98. The molecule has 0 saturated heterocycles. The lowest BCUT2D eigenvalue weighted by molar-refractivity contribution is 0.174. The van der Waals surface area contributed by atoms with Crippen molar-refractivity contribution >= 4 is 23.4 Å². The first-order valence-electron chi connectivity index (χ1n) is 5.48. The zero-order chi connectivity index (χ0) is 13.2. The number of aromatic amines is 1. The molecule has 1 aromatic heterocycles. The first-order valence-corrected chi connectivity index (χ1v) is 6.85. The molecule has 1 aromatic carbocycles. The van der Waals surface area contributed by atoms with Crippen LogP contribution in [0.5, 0.6) is 11.5 Å². The lowest BCUT2D eigenvalue weighted by Gasteiger charge is -2.05. The van der Waals surface area contributed by atoms with Gasteiger partial charge in [-0.1, -0.05) is 23.4 Å². The lowest BCUT2D eigenvalue weighted by Crippen LogP contribution is -2.05. The van der Waals surface area contributed by atoms with Crippen LogP contribution in [-0.2, 0) is 5.75 Å². The predicted molar refractivity (Wildman–Crippen MR) is 72.0 cm³/mol. The standard InChI is InChI=1S/C12H9ClN2O3S/c13-8-4-10-9(17-6-18-10)3-7(8)5-19-12-14-2-1-11(16)15-12/h1-4H,5-6H2,(H,14,15,16). The monoisotopic (exact) mass is 296 g/mol. The zero-order valence-electron chi connectivity index (χ0n) is 9.68. The third kappa shape index (κ3) is 2.69. The summed E-state index contributed by atoms with van der Waals surface area (Å²) in [5.41, 5.74) is 0.733. The van der Waals surface area contributed by atoms with Gasteiger partial charge in [0.25, 0.3) is 5.56 Å². The van der Waals surface area contributed by atoms with E-state index >= 15 is 0 Å². The second-order valence-corrected chi connectivity index (χ2v) is 5.20. The number of benzene rings is 1. The van der Waals surface area contributed by atoms with Gasteiger partial charge in [-0.2, -0.15) is 0 Å². The molecule has 7 heteroatoms. The smallest absolute Gasteiger partial charge is 0.251 e. The molecule has 0 unspecified atom stereocenters. The molecule has 2 aromatic rings. The summed E-state index contributed by atoms with van der Waals surface area (Å²) in [7, 11) is 0. The van der Waals surface area contributed by atoms with Crippen molar-refractivity contribution in [2.75, 3.05) is 6.79 Å².